The summed E-state index contributed by atoms with van der Waals surface area (Å²) >= 11 is 0. The molecule has 27 heavy (non-hydrogen) atoms. The first-order chi connectivity index (χ1) is 13.1. The standard InChI is InChI=1S/C20H22N4O3/c1-24-17-11-6-5-10-16(17)21-18(24)14-20(26)23-22-19(25)12-7-13-27-15-8-3-2-4-9-15/h2-6,8-11H,7,12-14H2,1H3,(H,22,25)(H,23,26). The molecule has 2 N–H and O–H groups in total. The molecule has 0 unspecified atom stereocenters. The summed E-state index contributed by atoms with van der Waals surface area (Å²) in [5.74, 6) is 0.834. The van der Waals surface area contributed by atoms with E-state index in [1.807, 2.05) is 66.2 Å². The van der Waals surface area contributed by atoms with Crippen LogP contribution in [-0.4, -0.2) is 28.0 Å². The zero-order valence-corrected chi connectivity index (χ0v) is 15.1. The van der Waals surface area contributed by atoms with Crippen LogP contribution < -0.4 is 15.6 Å². The van der Waals surface area contributed by atoms with Crippen molar-refractivity contribution in [2.75, 3.05) is 6.61 Å². The molecule has 1 aromatic heterocycles. The van der Waals surface area contributed by atoms with Crippen molar-refractivity contribution < 1.29 is 14.3 Å². The minimum absolute atomic E-state index is 0.0859. The van der Waals surface area contributed by atoms with Gasteiger partial charge in [-0.15, -0.1) is 0 Å². The van der Waals surface area contributed by atoms with Crippen molar-refractivity contribution in [2.24, 2.45) is 7.05 Å². The lowest BCUT2D eigenvalue weighted by atomic mass is 10.3. The molecule has 0 atom stereocenters. The number of nitrogens with one attached hydrogen (secondary N) is 2. The Hall–Kier alpha value is -3.35. The average molecular weight is 366 g/mol. The number of hydrogen-bond donors (Lipinski definition) is 2. The van der Waals surface area contributed by atoms with Crippen LogP contribution in [0.15, 0.2) is 54.6 Å². The molecule has 0 saturated heterocycles. The van der Waals surface area contributed by atoms with E-state index in [4.69, 9.17) is 4.74 Å². The molecule has 0 spiro atoms. The van der Waals surface area contributed by atoms with E-state index in [1.165, 1.54) is 0 Å². The number of imidazole rings is 1. The third kappa shape index (κ3) is 5.07. The highest BCUT2D eigenvalue weighted by molar-refractivity contribution is 5.84. The molecule has 7 heteroatoms. The summed E-state index contributed by atoms with van der Waals surface area (Å²) in [5, 5.41) is 0. The van der Waals surface area contributed by atoms with Gasteiger partial charge in [0, 0.05) is 13.5 Å². The summed E-state index contributed by atoms with van der Waals surface area (Å²) in [6, 6.07) is 17.1. The first-order valence-corrected chi connectivity index (χ1v) is 8.79. The minimum Gasteiger partial charge on any atom is -0.494 e. The maximum absolute atomic E-state index is 12.1. The number of amides is 2. The van der Waals surface area contributed by atoms with Gasteiger partial charge in [-0.3, -0.25) is 20.4 Å². The van der Waals surface area contributed by atoms with Crippen LogP contribution in [0.5, 0.6) is 5.75 Å². The molecule has 1 heterocycles. The Morgan fingerprint density at radius 3 is 2.48 bits per heavy atom. The van der Waals surface area contributed by atoms with Gasteiger partial charge in [0.05, 0.1) is 24.1 Å². The van der Waals surface area contributed by atoms with Gasteiger partial charge in [-0.1, -0.05) is 30.3 Å². The number of hydrogen-bond acceptors (Lipinski definition) is 4. The topological polar surface area (TPSA) is 85.2 Å². The fraction of sp³-hybridized carbons (Fsp3) is 0.250. The van der Waals surface area contributed by atoms with Crippen LogP contribution in [0.4, 0.5) is 0 Å². The average Bonchev–Trinajstić information content (AvgIpc) is 3.00. The van der Waals surface area contributed by atoms with Crippen LogP contribution in [0.3, 0.4) is 0 Å². The molecule has 0 aliphatic rings. The molecule has 0 fully saturated rings. The van der Waals surface area contributed by atoms with Crippen molar-refractivity contribution >= 4 is 22.8 Å². The molecule has 7 nitrogen and oxygen atoms in total. The van der Waals surface area contributed by atoms with Gasteiger partial charge in [-0.25, -0.2) is 4.98 Å². The summed E-state index contributed by atoms with van der Waals surface area (Å²) in [5.41, 5.74) is 6.65. The van der Waals surface area contributed by atoms with Crippen LogP contribution in [0, 0.1) is 0 Å². The Bertz CT molecular complexity index is 921. The Kier molecular flexibility index (Phi) is 6.04. The van der Waals surface area contributed by atoms with E-state index in [0.29, 0.717) is 18.9 Å². The largest absolute Gasteiger partial charge is 0.494 e. The van der Waals surface area contributed by atoms with E-state index < -0.39 is 0 Å². The van der Waals surface area contributed by atoms with Gasteiger partial charge in [0.15, 0.2) is 0 Å². The molecule has 2 aromatic carbocycles. The molecule has 3 rings (SSSR count). The maximum Gasteiger partial charge on any atom is 0.245 e. The summed E-state index contributed by atoms with van der Waals surface area (Å²) < 4.78 is 7.40. The molecular formula is C20H22N4O3. The van der Waals surface area contributed by atoms with Crippen molar-refractivity contribution in [1.82, 2.24) is 20.4 Å². The lowest BCUT2D eigenvalue weighted by Gasteiger charge is -2.08. The van der Waals surface area contributed by atoms with E-state index >= 15 is 0 Å². The molecular weight excluding hydrogens is 344 g/mol. The molecule has 140 valence electrons. The van der Waals surface area contributed by atoms with Crippen LogP contribution in [0.2, 0.25) is 0 Å². The second-order valence-corrected chi connectivity index (χ2v) is 6.11. The summed E-state index contributed by atoms with van der Waals surface area (Å²) in [6.07, 6.45) is 0.906. The quantitative estimate of drug-likeness (QED) is 0.495. The number of carbonyl (C=O) groups is 2. The van der Waals surface area contributed by atoms with Crippen LogP contribution >= 0.6 is 0 Å². The normalized spacial score (nSPS) is 10.6. The zero-order valence-electron chi connectivity index (χ0n) is 15.1. The number of ether oxygens (including phenoxy) is 1. The highest BCUT2D eigenvalue weighted by Crippen LogP contribution is 2.14. The first kappa shape index (κ1) is 18.4. The summed E-state index contributed by atoms with van der Waals surface area (Å²) in [4.78, 5) is 28.3. The molecule has 3 aromatic rings. The minimum atomic E-state index is -0.317. The van der Waals surface area contributed by atoms with Crippen molar-refractivity contribution in [3.8, 4) is 5.75 Å². The van der Waals surface area contributed by atoms with Crippen molar-refractivity contribution in [3.63, 3.8) is 0 Å². The van der Waals surface area contributed by atoms with E-state index in [2.05, 4.69) is 15.8 Å². The molecule has 2 amide bonds. The van der Waals surface area contributed by atoms with Crippen molar-refractivity contribution in [2.45, 2.75) is 19.3 Å². The number of para-hydroxylation sites is 3. The number of aryl methyl sites for hydroxylation is 1. The van der Waals surface area contributed by atoms with Gasteiger partial charge >= 0.3 is 0 Å². The predicted octanol–water partition coefficient (Wildman–Crippen LogP) is 2.12. The summed E-state index contributed by atoms with van der Waals surface area (Å²) in [7, 11) is 1.86. The molecule has 0 aliphatic heterocycles. The number of carbonyl (C=O) groups excluding carboxylic acids is 2. The van der Waals surface area contributed by atoms with Gasteiger partial charge in [0.1, 0.15) is 11.6 Å². The van der Waals surface area contributed by atoms with Gasteiger partial charge < -0.3 is 9.30 Å². The highest BCUT2D eigenvalue weighted by atomic mass is 16.5. The monoisotopic (exact) mass is 366 g/mol. The predicted molar refractivity (Wildman–Crippen MR) is 102 cm³/mol. The molecule has 0 saturated carbocycles. The van der Waals surface area contributed by atoms with E-state index in [0.717, 1.165) is 16.8 Å². The zero-order chi connectivity index (χ0) is 19.1. The van der Waals surface area contributed by atoms with Gasteiger partial charge in [0.2, 0.25) is 11.8 Å². The van der Waals surface area contributed by atoms with Gasteiger partial charge in [0.25, 0.3) is 0 Å². The molecule has 0 bridgehead atoms. The Morgan fingerprint density at radius 2 is 1.70 bits per heavy atom. The maximum atomic E-state index is 12.1. The van der Waals surface area contributed by atoms with Gasteiger partial charge in [-0.05, 0) is 30.7 Å². The number of rotatable bonds is 7. The van der Waals surface area contributed by atoms with Gasteiger partial charge in [-0.2, -0.15) is 0 Å². The highest BCUT2D eigenvalue weighted by Gasteiger charge is 2.12. The lowest BCUT2D eigenvalue weighted by molar-refractivity contribution is -0.128. The first-order valence-electron chi connectivity index (χ1n) is 8.79. The fourth-order valence-corrected chi connectivity index (χ4v) is 2.68. The van der Waals surface area contributed by atoms with Crippen molar-refractivity contribution in [1.29, 1.82) is 0 Å². The Balaban J connectivity index is 1.38. The Labute approximate surface area is 157 Å². The summed E-state index contributed by atoms with van der Waals surface area (Å²) in [6.45, 7) is 0.436. The second kappa shape index (κ2) is 8.84. The van der Waals surface area contributed by atoms with Crippen molar-refractivity contribution in [3.05, 3.63) is 60.4 Å². The van der Waals surface area contributed by atoms with E-state index in [1.54, 1.807) is 0 Å². The fourth-order valence-electron chi connectivity index (χ4n) is 2.68. The molecule has 0 aliphatic carbocycles. The third-order valence-corrected chi connectivity index (χ3v) is 4.10. The van der Waals surface area contributed by atoms with Crippen LogP contribution in [-0.2, 0) is 23.1 Å². The number of aromatic nitrogens is 2. The number of fused-ring (bicyclic) bond motifs is 1. The Morgan fingerprint density at radius 1 is 1.00 bits per heavy atom. The van der Waals surface area contributed by atoms with Crippen LogP contribution in [0.1, 0.15) is 18.7 Å². The molecule has 0 radical (unpaired) electrons. The number of benzene rings is 2. The second-order valence-electron chi connectivity index (χ2n) is 6.11. The number of hydrazine groups is 1. The third-order valence-electron chi connectivity index (χ3n) is 4.10. The SMILES string of the molecule is Cn1c(CC(=O)NNC(=O)CCCOc2ccccc2)nc2ccccc21. The lowest BCUT2D eigenvalue weighted by Crippen LogP contribution is -2.42. The smallest absolute Gasteiger partial charge is 0.245 e. The van der Waals surface area contributed by atoms with E-state index in [-0.39, 0.29) is 24.7 Å². The number of nitrogens with zero attached hydrogens (tertiary/aromatic N) is 2. The van der Waals surface area contributed by atoms with E-state index in [9.17, 15) is 9.59 Å². The van der Waals surface area contributed by atoms with Crippen LogP contribution in [0.25, 0.3) is 11.0 Å².